The molecule has 0 aromatic heterocycles. The number of hydrogen-bond acceptors (Lipinski definition) is 3. The summed E-state index contributed by atoms with van der Waals surface area (Å²) in [6, 6.07) is 4.49. The predicted molar refractivity (Wildman–Crippen MR) is 101 cm³/mol. The summed E-state index contributed by atoms with van der Waals surface area (Å²) in [5, 5.41) is 3.50. The number of ether oxygens (including phenoxy) is 1. The number of morpholine rings is 1. The molecule has 0 saturated carbocycles. The highest BCUT2D eigenvalue weighted by Gasteiger charge is 2.29. The number of nitrogens with one attached hydrogen (secondary N) is 1. The Bertz CT molecular complexity index is 564. The molecule has 1 aromatic rings. The van der Waals surface area contributed by atoms with Crippen molar-refractivity contribution in [1.29, 1.82) is 0 Å². The van der Waals surface area contributed by atoms with E-state index < -0.39 is 0 Å². The minimum Gasteiger partial charge on any atom is -0.376 e. The Balaban J connectivity index is 2.19. The van der Waals surface area contributed by atoms with Crippen LogP contribution < -0.4 is 11.1 Å². The molecule has 1 aliphatic heterocycles. The van der Waals surface area contributed by atoms with Crippen molar-refractivity contribution < 1.29 is 9.13 Å². The zero-order valence-corrected chi connectivity index (χ0v) is 15.7. The Hall–Kier alpha value is -1.37. The molecule has 1 aliphatic rings. The first-order valence-electron chi connectivity index (χ1n) is 8.86. The molecule has 2 unspecified atom stereocenters. The largest absolute Gasteiger partial charge is 0.376 e. The van der Waals surface area contributed by atoms with Gasteiger partial charge in [0.1, 0.15) is 5.82 Å². The number of rotatable bonds is 7. The Morgan fingerprint density at radius 2 is 2.36 bits per heavy atom. The number of aliphatic imine (C=N–C) groups is 1. The maximum absolute atomic E-state index is 14.5. The van der Waals surface area contributed by atoms with Gasteiger partial charge in [-0.2, -0.15) is 0 Å². The summed E-state index contributed by atoms with van der Waals surface area (Å²) in [4.78, 5) is 6.60. The monoisotopic (exact) mass is 370 g/mol. The molecule has 1 aromatic carbocycles. The molecule has 0 bridgehead atoms. The van der Waals surface area contributed by atoms with E-state index in [1.807, 2.05) is 6.92 Å². The lowest BCUT2D eigenvalue weighted by atomic mass is 10.0. The third-order valence-electron chi connectivity index (χ3n) is 4.32. The molecule has 25 heavy (non-hydrogen) atoms. The molecule has 0 amide bonds. The highest BCUT2D eigenvalue weighted by atomic mass is 35.5. The molecule has 3 N–H and O–H groups in total. The topological polar surface area (TPSA) is 62.9 Å². The molecule has 2 rings (SSSR count). The molecule has 1 heterocycles. The highest BCUT2D eigenvalue weighted by molar-refractivity contribution is 6.31. The average molecular weight is 371 g/mol. The minimum atomic E-state index is -0.315. The van der Waals surface area contributed by atoms with Gasteiger partial charge in [-0.05, 0) is 25.5 Å². The lowest BCUT2D eigenvalue weighted by Crippen LogP contribution is -2.44. The fourth-order valence-corrected chi connectivity index (χ4v) is 3.27. The number of halogens is 2. The second-order valence-corrected chi connectivity index (χ2v) is 6.74. The average Bonchev–Trinajstić information content (AvgIpc) is 2.57. The van der Waals surface area contributed by atoms with Crippen molar-refractivity contribution in [2.75, 3.05) is 32.8 Å². The Morgan fingerprint density at radius 3 is 3.04 bits per heavy atom. The zero-order chi connectivity index (χ0) is 18.2. The third-order valence-corrected chi connectivity index (χ3v) is 4.65. The van der Waals surface area contributed by atoms with Crippen LogP contribution in [-0.4, -0.2) is 49.7 Å². The molecule has 0 spiro atoms. The number of benzene rings is 1. The summed E-state index contributed by atoms with van der Waals surface area (Å²) < 4.78 is 20.1. The van der Waals surface area contributed by atoms with Crippen LogP contribution in [0.15, 0.2) is 23.2 Å². The highest BCUT2D eigenvalue weighted by Crippen LogP contribution is 2.31. The van der Waals surface area contributed by atoms with Gasteiger partial charge < -0.3 is 15.8 Å². The molecule has 7 heteroatoms. The van der Waals surface area contributed by atoms with Crippen LogP contribution in [0.4, 0.5) is 4.39 Å². The maximum Gasteiger partial charge on any atom is 0.188 e. The molecule has 0 radical (unpaired) electrons. The van der Waals surface area contributed by atoms with Crippen LogP contribution in [0.2, 0.25) is 5.02 Å². The van der Waals surface area contributed by atoms with Crippen LogP contribution in [0.25, 0.3) is 0 Å². The van der Waals surface area contributed by atoms with Crippen molar-refractivity contribution in [3.63, 3.8) is 0 Å². The van der Waals surface area contributed by atoms with E-state index in [9.17, 15) is 4.39 Å². The maximum atomic E-state index is 14.5. The van der Waals surface area contributed by atoms with Gasteiger partial charge in [0.05, 0.1) is 25.3 Å². The predicted octanol–water partition coefficient (Wildman–Crippen LogP) is 2.95. The van der Waals surface area contributed by atoms with Crippen molar-refractivity contribution in [3.8, 4) is 0 Å². The summed E-state index contributed by atoms with van der Waals surface area (Å²) in [6.07, 6.45) is 2.20. The number of nitrogens with two attached hydrogens (primary N) is 1. The van der Waals surface area contributed by atoms with Crippen LogP contribution in [0.3, 0.4) is 0 Å². The Morgan fingerprint density at radius 1 is 1.56 bits per heavy atom. The second kappa shape index (κ2) is 9.94. The lowest BCUT2D eigenvalue weighted by Gasteiger charge is -2.37. The van der Waals surface area contributed by atoms with Crippen LogP contribution in [0.1, 0.15) is 38.3 Å². The Kier molecular flexibility index (Phi) is 7.93. The van der Waals surface area contributed by atoms with Gasteiger partial charge in [0.2, 0.25) is 0 Å². The molecule has 1 saturated heterocycles. The molecule has 140 valence electrons. The molecule has 1 fully saturated rings. The summed E-state index contributed by atoms with van der Waals surface area (Å²) in [7, 11) is 0. The smallest absolute Gasteiger partial charge is 0.188 e. The first-order valence-corrected chi connectivity index (χ1v) is 9.24. The van der Waals surface area contributed by atoms with E-state index >= 15 is 0 Å². The van der Waals surface area contributed by atoms with Gasteiger partial charge in [0.15, 0.2) is 5.96 Å². The normalized spacial score (nSPS) is 20.5. The number of unbranched alkanes of at least 4 members (excludes halogenated alkanes) is 1. The second-order valence-electron chi connectivity index (χ2n) is 6.33. The fourth-order valence-electron chi connectivity index (χ4n) is 2.98. The van der Waals surface area contributed by atoms with Crippen molar-refractivity contribution >= 4 is 17.6 Å². The van der Waals surface area contributed by atoms with E-state index in [-0.39, 0.29) is 18.0 Å². The van der Waals surface area contributed by atoms with Crippen LogP contribution in [0.5, 0.6) is 0 Å². The minimum absolute atomic E-state index is 0.0887. The Labute approximate surface area is 154 Å². The van der Waals surface area contributed by atoms with Gasteiger partial charge in [0.25, 0.3) is 0 Å². The number of nitrogens with zero attached hydrogens (tertiary/aromatic N) is 2. The number of guanidine groups is 1. The quantitative estimate of drug-likeness (QED) is 0.440. The van der Waals surface area contributed by atoms with E-state index in [0.29, 0.717) is 42.8 Å². The van der Waals surface area contributed by atoms with Gasteiger partial charge in [-0.1, -0.05) is 31.0 Å². The molecule has 5 nitrogen and oxygen atoms in total. The van der Waals surface area contributed by atoms with Gasteiger partial charge in [0, 0.05) is 30.2 Å². The van der Waals surface area contributed by atoms with Crippen LogP contribution in [-0.2, 0) is 4.74 Å². The van der Waals surface area contributed by atoms with Crippen molar-refractivity contribution in [3.05, 3.63) is 34.6 Å². The van der Waals surface area contributed by atoms with E-state index in [0.717, 1.165) is 19.4 Å². The van der Waals surface area contributed by atoms with Crippen molar-refractivity contribution in [1.82, 2.24) is 10.2 Å². The first-order chi connectivity index (χ1) is 12.0. The van der Waals surface area contributed by atoms with E-state index in [4.69, 9.17) is 22.1 Å². The summed E-state index contributed by atoms with van der Waals surface area (Å²) in [6.45, 7) is 7.27. The summed E-state index contributed by atoms with van der Waals surface area (Å²) in [5.41, 5.74) is 6.42. The molecular formula is C18H28ClFN4O. The summed E-state index contributed by atoms with van der Waals surface area (Å²) >= 11 is 6.30. The fraction of sp³-hybridized carbons (Fsp3) is 0.611. The SMILES string of the molecule is CCCCNC(N)=NCC(c1c(F)cccc1Cl)N1CCOC(C)C1. The van der Waals surface area contributed by atoms with Crippen molar-refractivity contribution in [2.45, 2.75) is 38.8 Å². The van der Waals surface area contributed by atoms with E-state index in [2.05, 4.69) is 22.1 Å². The summed E-state index contributed by atoms with van der Waals surface area (Å²) in [5.74, 6) is 0.0663. The van der Waals surface area contributed by atoms with E-state index in [1.54, 1.807) is 12.1 Å². The standard InChI is InChI=1S/C18H28ClFN4O/c1-3-4-8-22-18(21)23-11-16(24-9-10-25-13(2)12-24)17-14(19)6-5-7-15(17)20/h5-7,13,16H,3-4,8-12H2,1-2H3,(H3,21,22,23). The van der Waals surface area contributed by atoms with Crippen LogP contribution >= 0.6 is 11.6 Å². The van der Waals surface area contributed by atoms with E-state index in [1.165, 1.54) is 6.07 Å². The van der Waals surface area contributed by atoms with Gasteiger partial charge in [-0.25, -0.2) is 4.39 Å². The van der Waals surface area contributed by atoms with Gasteiger partial charge in [-0.15, -0.1) is 0 Å². The van der Waals surface area contributed by atoms with Gasteiger partial charge >= 0.3 is 0 Å². The van der Waals surface area contributed by atoms with Gasteiger partial charge in [-0.3, -0.25) is 9.89 Å². The molecule has 2 atom stereocenters. The first kappa shape index (κ1) is 19.9. The zero-order valence-electron chi connectivity index (χ0n) is 15.0. The third kappa shape index (κ3) is 5.83. The molecular weight excluding hydrogens is 343 g/mol. The lowest BCUT2D eigenvalue weighted by molar-refractivity contribution is -0.0336. The van der Waals surface area contributed by atoms with Crippen molar-refractivity contribution in [2.24, 2.45) is 10.7 Å². The molecule has 0 aliphatic carbocycles. The van der Waals surface area contributed by atoms with Crippen LogP contribution in [0, 0.1) is 5.82 Å². The number of hydrogen-bond donors (Lipinski definition) is 2.